The summed E-state index contributed by atoms with van der Waals surface area (Å²) in [5.41, 5.74) is 2.78. The minimum Gasteiger partial charge on any atom is -0.392 e. The molecule has 2 aliphatic rings. The Labute approximate surface area is 105 Å². The Morgan fingerprint density at radius 3 is 2.53 bits per heavy atom. The minimum atomic E-state index is 0.178. The Hall–Kier alpha value is -0.820. The zero-order valence-corrected chi connectivity index (χ0v) is 10.7. The van der Waals surface area contributed by atoms with Gasteiger partial charge < -0.3 is 5.11 Å². The largest absolute Gasteiger partial charge is 0.392 e. The first kappa shape index (κ1) is 12.6. The molecular formula is C16H24O. The molecule has 0 aromatic heterocycles. The van der Waals surface area contributed by atoms with E-state index in [-0.39, 0.29) is 6.61 Å². The van der Waals surface area contributed by atoms with E-state index in [4.69, 9.17) is 0 Å². The molecule has 0 aromatic carbocycles. The maximum atomic E-state index is 9.24. The summed E-state index contributed by atoms with van der Waals surface area (Å²) in [6.45, 7) is 0.178. The second-order valence-corrected chi connectivity index (χ2v) is 5.17. The van der Waals surface area contributed by atoms with E-state index in [0.717, 1.165) is 6.42 Å². The highest BCUT2D eigenvalue weighted by atomic mass is 16.2. The first-order chi connectivity index (χ1) is 8.42. The predicted octanol–water partition coefficient (Wildman–Crippen LogP) is 4.15. The van der Waals surface area contributed by atoms with Crippen molar-refractivity contribution in [2.24, 2.45) is 5.92 Å². The van der Waals surface area contributed by atoms with Crippen molar-refractivity contribution in [1.29, 1.82) is 0 Å². The van der Waals surface area contributed by atoms with Gasteiger partial charge in [0.05, 0.1) is 6.61 Å². The third-order valence-corrected chi connectivity index (χ3v) is 3.93. The minimum absolute atomic E-state index is 0.178. The van der Waals surface area contributed by atoms with E-state index in [2.05, 4.69) is 18.2 Å². The lowest BCUT2D eigenvalue weighted by Crippen LogP contribution is -2.07. The molecule has 0 bridgehead atoms. The van der Waals surface area contributed by atoms with Gasteiger partial charge in [-0.1, -0.05) is 50.0 Å². The average Bonchev–Trinajstić information content (AvgIpc) is 2.66. The molecule has 2 rings (SSSR count). The maximum absolute atomic E-state index is 9.24. The molecule has 1 heteroatoms. The molecule has 0 radical (unpaired) electrons. The fourth-order valence-corrected chi connectivity index (χ4v) is 3.04. The number of aliphatic hydroxyl groups is 1. The van der Waals surface area contributed by atoms with Crippen LogP contribution in [0.4, 0.5) is 0 Å². The second kappa shape index (κ2) is 6.80. The first-order valence-corrected chi connectivity index (χ1v) is 7.10. The quantitative estimate of drug-likeness (QED) is 0.725. The number of hydrogen-bond acceptors (Lipinski definition) is 1. The van der Waals surface area contributed by atoms with Crippen molar-refractivity contribution in [3.63, 3.8) is 0 Å². The number of rotatable bonds is 3. The summed E-state index contributed by atoms with van der Waals surface area (Å²) < 4.78 is 0. The monoisotopic (exact) mass is 232 g/mol. The van der Waals surface area contributed by atoms with Crippen molar-refractivity contribution in [2.45, 2.75) is 51.4 Å². The van der Waals surface area contributed by atoms with Gasteiger partial charge in [0.15, 0.2) is 0 Å². The van der Waals surface area contributed by atoms with Crippen molar-refractivity contribution in [3.05, 3.63) is 35.5 Å². The highest BCUT2D eigenvalue weighted by molar-refractivity contribution is 5.42. The van der Waals surface area contributed by atoms with Crippen LogP contribution in [-0.2, 0) is 0 Å². The summed E-state index contributed by atoms with van der Waals surface area (Å²) in [4.78, 5) is 0. The van der Waals surface area contributed by atoms with Gasteiger partial charge in [-0.15, -0.1) is 0 Å². The van der Waals surface area contributed by atoms with Gasteiger partial charge in [-0.3, -0.25) is 0 Å². The van der Waals surface area contributed by atoms with E-state index in [1.165, 1.54) is 56.1 Å². The van der Waals surface area contributed by atoms with Crippen molar-refractivity contribution >= 4 is 0 Å². The Kier molecular flexibility index (Phi) is 5.06. The number of allylic oxidation sites excluding steroid dienone is 5. The Bertz CT molecular complexity index is 314. The summed E-state index contributed by atoms with van der Waals surface area (Å²) in [5.74, 6) is 0.679. The Balaban J connectivity index is 2.13. The van der Waals surface area contributed by atoms with E-state index >= 15 is 0 Å². The lowest BCUT2D eigenvalue weighted by Gasteiger charge is -2.21. The smallest absolute Gasteiger partial charge is 0.0618 e. The van der Waals surface area contributed by atoms with Crippen molar-refractivity contribution in [1.82, 2.24) is 0 Å². The van der Waals surface area contributed by atoms with Gasteiger partial charge in [-0.25, -0.2) is 0 Å². The van der Waals surface area contributed by atoms with E-state index < -0.39 is 0 Å². The summed E-state index contributed by atoms with van der Waals surface area (Å²) in [6.07, 6.45) is 19.3. The van der Waals surface area contributed by atoms with Crippen LogP contribution in [0.5, 0.6) is 0 Å². The molecule has 17 heavy (non-hydrogen) atoms. The van der Waals surface area contributed by atoms with E-state index in [0.29, 0.717) is 5.92 Å². The molecule has 1 N–H and O–H groups in total. The van der Waals surface area contributed by atoms with Gasteiger partial charge >= 0.3 is 0 Å². The van der Waals surface area contributed by atoms with E-state index in [9.17, 15) is 5.11 Å². The van der Waals surface area contributed by atoms with Crippen LogP contribution in [0.25, 0.3) is 0 Å². The summed E-state index contributed by atoms with van der Waals surface area (Å²) >= 11 is 0. The van der Waals surface area contributed by atoms with Crippen LogP contribution in [0.15, 0.2) is 35.5 Å². The molecule has 94 valence electrons. The van der Waals surface area contributed by atoms with Crippen LogP contribution >= 0.6 is 0 Å². The molecule has 1 saturated carbocycles. The molecule has 1 fully saturated rings. The summed E-state index contributed by atoms with van der Waals surface area (Å²) in [6, 6.07) is 0. The van der Waals surface area contributed by atoms with Crippen LogP contribution in [0, 0.1) is 5.92 Å². The number of hydrogen-bond donors (Lipinski definition) is 1. The fourth-order valence-electron chi connectivity index (χ4n) is 3.04. The zero-order valence-electron chi connectivity index (χ0n) is 10.7. The van der Waals surface area contributed by atoms with Gasteiger partial charge in [0.1, 0.15) is 0 Å². The predicted molar refractivity (Wildman–Crippen MR) is 72.8 cm³/mol. The highest BCUT2D eigenvalue weighted by Gasteiger charge is 2.18. The molecule has 0 amide bonds. The molecule has 0 spiro atoms. The van der Waals surface area contributed by atoms with Crippen LogP contribution in [0.2, 0.25) is 0 Å². The van der Waals surface area contributed by atoms with Gasteiger partial charge in [0, 0.05) is 0 Å². The second-order valence-electron chi connectivity index (χ2n) is 5.17. The third kappa shape index (κ3) is 3.57. The molecule has 0 atom stereocenters. The van der Waals surface area contributed by atoms with E-state index in [1.54, 1.807) is 0 Å². The third-order valence-electron chi connectivity index (χ3n) is 3.93. The van der Waals surface area contributed by atoms with Gasteiger partial charge in [0.25, 0.3) is 0 Å². The summed E-state index contributed by atoms with van der Waals surface area (Å²) in [7, 11) is 0. The molecule has 0 heterocycles. The molecule has 0 aliphatic heterocycles. The van der Waals surface area contributed by atoms with Gasteiger partial charge in [-0.2, -0.15) is 0 Å². The Morgan fingerprint density at radius 2 is 1.94 bits per heavy atom. The van der Waals surface area contributed by atoms with Crippen LogP contribution in [0.3, 0.4) is 0 Å². The standard InChI is InChI=1S/C16H24O/c17-13-12-16(15-10-6-3-7-11-15)14-8-4-1-2-5-9-14/h6,10-12,14,17H,1-5,7-9,13H2. The van der Waals surface area contributed by atoms with Crippen molar-refractivity contribution in [3.8, 4) is 0 Å². The van der Waals surface area contributed by atoms with Gasteiger partial charge in [0.2, 0.25) is 0 Å². The van der Waals surface area contributed by atoms with Crippen LogP contribution < -0.4 is 0 Å². The van der Waals surface area contributed by atoms with Crippen molar-refractivity contribution < 1.29 is 5.11 Å². The molecule has 1 nitrogen and oxygen atoms in total. The maximum Gasteiger partial charge on any atom is 0.0618 e. The average molecular weight is 232 g/mol. The zero-order chi connectivity index (χ0) is 11.9. The lowest BCUT2D eigenvalue weighted by atomic mass is 9.84. The Morgan fingerprint density at radius 1 is 1.18 bits per heavy atom. The molecule has 0 saturated heterocycles. The lowest BCUT2D eigenvalue weighted by molar-refractivity contribution is 0.340. The fraction of sp³-hybridized carbons (Fsp3) is 0.625. The molecule has 0 aromatic rings. The molecule has 2 aliphatic carbocycles. The van der Waals surface area contributed by atoms with Crippen LogP contribution in [0.1, 0.15) is 51.4 Å². The molecular weight excluding hydrogens is 208 g/mol. The molecule has 0 unspecified atom stereocenters. The van der Waals surface area contributed by atoms with Crippen LogP contribution in [-0.4, -0.2) is 11.7 Å². The van der Waals surface area contributed by atoms with Gasteiger partial charge in [-0.05, 0) is 42.7 Å². The topological polar surface area (TPSA) is 20.2 Å². The van der Waals surface area contributed by atoms with E-state index in [1.807, 2.05) is 6.08 Å². The highest BCUT2D eigenvalue weighted by Crippen LogP contribution is 2.34. The summed E-state index contributed by atoms with van der Waals surface area (Å²) in [5, 5.41) is 9.24. The first-order valence-electron chi connectivity index (χ1n) is 7.10. The normalized spacial score (nSPS) is 23.4. The SMILES string of the molecule is OCC=C(C1=CCCC=C1)C1CCCCCC1. The number of aliphatic hydroxyl groups excluding tert-OH is 1. The van der Waals surface area contributed by atoms with Crippen molar-refractivity contribution in [2.75, 3.05) is 6.61 Å².